The fourth-order valence-electron chi connectivity index (χ4n) is 4.04. The van der Waals surface area contributed by atoms with E-state index in [1.807, 2.05) is 18.2 Å². The summed E-state index contributed by atoms with van der Waals surface area (Å²) < 4.78 is 0. The first-order valence-corrected chi connectivity index (χ1v) is 11.1. The minimum atomic E-state index is -0.327. The SMILES string of the molecule is Nc1c(C(=O)Nc2ccccc2C(=O)c2ccccc2)sc2nc3c(cc12)CCCC3. The minimum Gasteiger partial charge on any atom is -0.397 e. The second-order valence-electron chi connectivity index (χ2n) is 7.69. The lowest BCUT2D eigenvalue weighted by molar-refractivity contribution is 0.103. The zero-order valence-corrected chi connectivity index (χ0v) is 17.7. The van der Waals surface area contributed by atoms with E-state index in [-0.39, 0.29) is 11.7 Å². The Labute approximate surface area is 183 Å². The molecule has 0 fully saturated rings. The van der Waals surface area contributed by atoms with Crippen molar-refractivity contribution in [2.75, 3.05) is 11.1 Å². The van der Waals surface area contributed by atoms with Crippen LogP contribution in [-0.4, -0.2) is 16.7 Å². The summed E-state index contributed by atoms with van der Waals surface area (Å²) in [6, 6.07) is 18.1. The van der Waals surface area contributed by atoms with Gasteiger partial charge >= 0.3 is 0 Å². The molecular formula is C25H21N3O2S. The molecule has 6 heteroatoms. The minimum absolute atomic E-state index is 0.143. The number of aromatic nitrogens is 1. The number of thiophene rings is 1. The number of carbonyl (C=O) groups excluding carboxylic acids is 2. The van der Waals surface area contributed by atoms with Crippen LogP contribution < -0.4 is 11.1 Å². The highest BCUT2D eigenvalue weighted by Crippen LogP contribution is 2.36. The highest BCUT2D eigenvalue weighted by molar-refractivity contribution is 7.21. The second kappa shape index (κ2) is 7.96. The van der Waals surface area contributed by atoms with Gasteiger partial charge in [0.1, 0.15) is 9.71 Å². The van der Waals surface area contributed by atoms with Gasteiger partial charge in [-0.15, -0.1) is 11.3 Å². The number of carbonyl (C=O) groups is 2. The molecule has 0 spiro atoms. The van der Waals surface area contributed by atoms with Crippen molar-refractivity contribution in [3.05, 3.63) is 87.9 Å². The number of para-hydroxylation sites is 1. The van der Waals surface area contributed by atoms with Crippen molar-refractivity contribution in [1.82, 2.24) is 4.98 Å². The first-order valence-electron chi connectivity index (χ1n) is 10.3. The lowest BCUT2D eigenvalue weighted by Gasteiger charge is -2.14. The van der Waals surface area contributed by atoms with Crippen LogP contribution in [0.1, 0.15) is 49.7 Å². The molecule has 5 nitrogen and oxygen atoms in total. The lowest BCUT2D eigenvalue weighted by Crippen LogP contribution is -2.15. The number of nitrogens with two attached hydrogens (primary N) is 1. The zero-order valence-electron chi connectivity index (χ0n) is 16.9. The molecule has 0 atom stereocenters. The standard InChI is InChI=1S/C25H21N3O2S/c26-21-18-14-16-10-4-6-12-19(16)28-25(18)31-23(21)24(30)27-20-13-7-5-11-17(20)22(29)15-8-2-1-3-9-15/h1-3,5,7-9,11,13-14H,4,6,10,12,26H2,(H,27,30). The third kappa shape index (κ3) is 3.59. The fraction of sp³-hybridized carbons (Fsp3) is 0.160. The maximum atomic E-state index is 13.1. The van der Waals surface area contributed by atoms with Gasteiger partial charge in [0.2, 0.25) is 0 Å². The summed E-state index contributed by atoms with van der Waals surface area (Å²) in [5, 5.41) is 3.73. The van der Waals surface area contributed by atoms with Gasteiger partial charge in [-0.25, -0.2) is 4.98 Å². The van der Waals surface area contributed by atoms with E-state index in [0.717, 1.165) is 41.6 Å². The molecule has 2 heterocycles. The molecule has 5 rings (SSSR count). The van der Waals surface area contributed by atoms with Crippen LogP contribution in [0.2, 0.25) is 0 Å². The Bertz CT molecular complexity index is 1310. The maximum Gasteiger partial charge on any atom is 0.267 e. The third-order valence-electron chi connectivity index (χ3n) is 5.66. The van der Waals surface area contributed by atoms with E-state index < -0.39 is 0 Å². The quantitative estimate of drug-likeness (QED) is 0.436. The molecule has 1 aliphatic rings. The Morgan fingerprint density at radius 2 is 1.71 bits per heavy atom. The van der Waals surface area contributed by atoms with Crippen LogP contribution in [0.5, 0.6) is 0 Å². The van der Waals surface area contributed by atoms with Gasteiger partial charge in [0.15, 0.2) is 5.78 Å². The summed E-state index contributed by atoms with van der Waals surface area (Å²) in [5.41, 5.74) is 10.6. The summed E-state index contributed by atoms with van der Waals surface area (Å²) in [6.45, 7) is 0. The molecule has 31 heavy (non-hydrogen) atoms. The predicted octanol–water partition coefficient (Wildman–Crippen LogP) is 5.24. The van der Waals surface area contributed by atoms with Crippen molar-refractivity contribution >= 4 is 44.6 Å². The molecule has 1 amide bonds. The van der Waals surface area contributed by atoms with Gasteiger partial charge in [-0.2, -0.15) is 0 Å². The molecule has 0 aliphatic heterocycles. The fourth-order valence-corrected chi connectivity index (χ4v) is 5.03. The topological polar surface area (TPSA) is 85.1 Å². The highest BCUT2D eigenvalue weighted by atomic mass is 32.1. The monoisotopic (exact) mass is 427 g/mol. The van der Waals surface area contributed by atoms with Crippen LogP contribution in [0.15, 0.2) is 60.7 Å². The Kier molecular flexibility index (Phi) is 5.00. The van der Waals surface area contributed by atoms with Crippen molar-refractivity contribution in [2.45, 2.75) is 25.7 Å². The van der Waals surface area contributed by atoms with E-state index in [2.05, 4.69) is 11.4 Å². The number of nitrogen functional groups attached to an aromatic ring is 1. The lowest BCUT2D eigenvalue weighted by atomic mass is 9.95. The van der Waals surface area contributed by atoms with Gasteiger partial charge in [-0.1, -0.05) is 42.5 Å². The van der Waals surface area contributed by atoms with Gasteiger partial charge < -0.3 is 11.1 Å². The first-order chi connectivity index (χ1) is 15.1. The Balaban J connectivity index is 1.48. The van der Waals surface area contributed by atoms with Crippen molar-refractivity contribution in [2.24, 2.45) is 0 Å². The number of benzene rings is 2. The number of hydrogen-bond acceptors (Lipinski definition) is 5. The molecule has 3 N–H and O–H groups in total. The first kappa shape index (κ1) is 19.5. The molecular weight excluding hydrogens is 406 g/mol. The van der Waals surface area contributed by atoms with E-state index in [1.54, 1.807) is 36.4 Å². The van der Waals surface area contributed by atoms with Crippen molar-refractivity contribution < 1.29 is 9.59 Å². The number of anilines is 2. The Morgan fingerprint density at radius 3 is 2.55 bits per heavy atom. The summed E-state index contributed by atoms with van der Waals surface area (Å²) in [6.07, 6.45) is 4.28. The van der Waals surface area contributed by atoms with Gasteiger partial charge in [0.05, 0.1) is 11.4 Å². The van der Waals surface area contributed by atoms with Crippen molar-refractivity contribution in [1.29, 1.82) is 0 Å². The average Bonchev–Trinajstić information content (AvgIpc) is 3.13. The molecule has 1 aliphatic carbocycles. The number of rotatable bonds is 4. The molecule has 4 aromatic rings. The number of aryl methyl sites for hydroxylation is 2. The normalized spacial score (nSPS) is 13.0. The summed E-state index contributed by atoms with van der Waals surface area (Å²) in [4.78, 5) is 32.1. The largest absolute Gasteiger partial charge is 0.397 e. The van der Waals surface area contributed by atoms with Gasteiger partial charge in [-0.3, -0.25) is 9.59 Å². The van der Waals surface area contributed by atoms with Crippen LogP contribution in [0.4, 0.5) is 11.4 Å². The molecule has 2 aromatic carbocycles. The van der Waals surface area contributed by atoms with E-state index in [4.69, 9.17) is 10.7 Å². The number of nitrogens with one attached hydrogen (secondary N) is 1. The van der Waals surface area contributed by atoms with Gasteiger partial charge in [0, 0.05) is 22.2 Å². The van der Waals surface area contributed by atoms with Crippen LogP contribution in [0, 0.1) is 0 Å². The van der Waals surface area contributed by atoms with E-state index >= 15 is 0 Å². The molecule has 0 bridgehead atoms. The Hall–Kier alpha value is -3.51. The summed E-state index contributed by atoms with van der Waals surface area (Å²) in [7, 11) is 0. The molecule has 0 saturated carbocycles. The summed E-state index contributed by atoms with van der Waals surface area (Å²) in [5.74, 6) is -0.470. The van der Waals surface area contributed by atoms with Crippen LogP contribution in [0.3, 0.4) is 0 Å². The number of hydrogen-bond donors (Lipinski definition) is 2. The van der Waals surface area contributed by atoms with E-state index in [1.165, 1.54) is 16.9 Å². The smallest absolute Gasteiger partial charge is 0.267 e. The molecule has 154 valence electrons. The molecule has 0 saturated heterocycles. The molecule has 0 radical (unpaired) electrons. The third-order valence-corrected chi connectivity index (χ3v) is 6.78. The van der Waals surface area contributed by atoms with Gasteiger partial charge in [0.25, 0.3) is 5.91 Å². The van der Waals surface area contributed by atoms with Crippen LogP contribution in [-0.2, 0) is 12.8 Å². The summed E-state index contributed by atoms with van der Waals surface area (Å²) >= 11 is 1.30. The Morgan fingerprint density at radius 1 is 0.968 bits per heavy atom. The highest BCUT2D eigenvalue weighted by Gasteiger charge is 2.22. The van der Waals surface area contributed by atoms with Crippen molar-refractivity contribution in [3.63, 3.8) is 0 Å². The zero-order chi connectivity index (χ0) is 21.4. The van der Waals surface area contributed by atoms with Crippen LogP contribution in [0.25, 0.3) is 10.2 Å². The predicted molar refractivity (Wildman–Crippen MR) is 125 cm³/mol. The van der Waals surface area contributed by atoms with Crippen LogP contribution >= 0.6 is 11.3 Å². The molecule has 0 unspecified atom stereocenters. The average molecular weight is 428 g/mol. The number of pyridine rings is 1. The van der Waals surface area contributed by atoms with Gasteiger partial charge in [-0.05, 0) is 49.4 Å². The number of fused-ring (bicyclic) bond motifs is 2. The number of nitrogens with zero attached hydrogens (tertiary/aromatic N) is 1. The molecule has 2 aromatic heterocycles. The number of amides is 1. The maximum absolute atomic E-state index is 13.1. The number of ketones is 1. The van der Waals surface area contributed by atoms with E-state index in [9.17, 15) is 9.59 Å². The van der Waals surface area contributed by atoms with Crippen molar-refractivity contribution in [3.8, 4) is 0 Å². The van der Waals surface area contributed by atoms with E-state index in [0.29, 0.717) is 27.4 Å². The second-order valence-corrected chi connectivity index (χ2v) is 8.69.